The van der Waals surface area contributed by atoms with Crippen LogP contribution in [0.1, 0.15) is 16.8 Å². The Morgan fingerprint density at radius 2 is 1.86 bits per heavy atom. The van der Waals surface area contributed by atoms with Crippen LogP contribution in [0, 0.1) is 0 Å². The highest BCUT2D eigenvalue weighted by atomic mass is 19.4. The first-order valence-corrected chi connectivity index (χ1v) is 8.87. The molecule has 0 fully saturated rings. The van der Waals surface area contributed by atoms with Gasteiger partial charge in [0.15, 0.2) is 6.61 Å². The number of carbonyl (C=O) groups is 1. The summed E-state index contributed by atoms with van der Waals surface area (Å²) < 4.78 is 43.8. The molecule has 0 radical (unpaired) electrons. The van der Waals surface area contributed by atoms with Crippen LogP contribution in [0.5, 0.6) is 5.75 Å². The number of amides is 1. The van der Waals surface area contributed by atoms with E-state index in [2.05, 4.69) is 9.97 Å². The van der Waals surface area contributed by atoms with E-state index in [4.69, 9.17) is 4.74 Å². The van der Waals surface area contributed by atoms with Crippen LogP contribution in [0.4, 0.5) is 13.2 Å². The number of rotatable bonds is 3. The zero-order valence-corrected chi connectivity index (χ0v) is 15.2. The molecule has 0 spiro atoms. The second-order valence-electron chi connectivity index (χ2n) is 6.62. The van der Waals surface area contributed by atoms with E-state index in [1.54, 1.807) is 30.6 Å². The lowest BCUT2D eigenvalue weighted by Crippen LogP contribution is -2.32. The lowest BCUT2D eigenvalue weighted by molar-refractivity contribution is -0.137. The first-order valence-electron chi connectivity index (χ1n) is 8.87. The molecular formula is C21H16F3N3O2. The largest absolute Gasteiger partial charge is 0.482 e. The Morgan fingerprint density at radius 3 is 2.55 bits per heavy atom. The maximum absolute atomic E-state index is 12.7. The van der Waals surface area contributed by atoms with Crippen molar-refractivity contribution >= 4 is 5.91 Å². The number of alkyl halides is 3. The maximum atomic E-state index is 12.7. The lowest BCUT2D eigenvalue weighted by atomic mass is 10.1. The Labute approximate surface area is 164 Å². The number of hydrogen-bond donors (Lipinski definition) is 0. The Morgan fingerprint density at radius 1 is 1.07 bits per heavy atom. The standard InChI is InChI=1S/C21H16F3N3O2/c22-21(23,24)16-5-3-14(4-6-16)11-27-12-18-19(29-13-20(27)28)8-7-17(26-18)15-2-1-9-25-10-15/h1-10H,11-13H2. The highest BCUT2D eigenvalue weighted by Crippen LogP contribution is 2.30. The van der Waals surface area contributed by atoms with Crippen molar-refractivity contribution in [2.24, 2.45) is 0 Å². The summed E-state index contributed by atoms with van der Waals surface area (Å²) in [6.45, 7) is 0.212. The second-order valence-corrected chi connectivity index (χ2v) is 6.62. The Balaban J connectivity index is 1.57. The fraction of sp³-hybridized carbons (Fsp3) is 0.190. The average molecular weight is 399 g/mol. The Bertz CT molecular complexity index is 1020. The van der Waals surface area contributed by atoms with Gasteiger partial charge in [-0.15, -0.1) is 0 Å². The third kappa shape index (κ3) is 4.21. The molecule has 148 valence electrons. The van der Waals surface area contributed by atoms with Gasteiger partial charge in [0, 0.05) is 24.5 Å². The minimum Gasteiger partial charge on any atom is -0.482 e. The average Bonchev–Trinajstić information content (AvgIpc) is 2.87. The predicted octanol–water partition coefficient (Wildman–Crippen LogP) is 4.08. The molecular weight excluding hydrogens is 383 g/mol. The van der Waals surface area contributed by atoms with E-state index in [9.17, 15) is 18.0 Å². The number of halogens is 3. The van der Waals surface area contributed by atoms with E-state index >= 15 is 0 Å². The van der Waals surface area contributed by atoms with Gasteiger partial charge in [-0.3, -0.25) is 9.78 Å². The van der Waals surface area contributed by atoms with Crippen LogP contribution >= 0.6 is 0 Å². The second kappa shape index (κ2) is 7.54. The van der Waals surface area contributed by atoms with E-state index < -0.39 is 11.7 Å². The monoisotopic (exact) mass is 399 g/mol. The quantitative estimate of drug-likeness (QED) is 0.666. The summed E-state index contributed by atoms with van der Waals surface area (Å²) in [5.74, 6) is 0.256. The number of carbonyl (C=O) groups excluding carboxylic acids is 1. The van der Waals surface area contributed by atoms with Crippen molar-refractivity contribution in [3.63, 3.8) is 0 Å². The molecule has 0 saturated carbocycles. The molecule has 1 aliphatic rings. The van der Waals surface area contributed by atoms with Crippen LogP contribution in [-0.2, 0) is 24.1 Å². The van der Waals surface area contributed by atoms with Gasteiger partial charge in [0.2, 0.25) is 0 Å². The van der Waals surface area contributed by atoms with Crippen molar-refractivity contribution < 1.29 is 22.7 Å². The maximum Gasteiger partial charge on any atom is 0.416 e. The fourth-order valence-electron chi connectivity index (χ4n) is 3.07. The highest BCUT2D eigenvalue weighted by molar-refractivity contribution is 5.78. The summed E-state index contributed by atoms with van der Waals surface area (Å²) in [6.07, 6.45) is -1.03. The first kappa shape index (κ1) is 18.9. The predicted molar refractivity (Wildman–Crippen MR) is 98.7 cm³/mol. The molecule has 8 heteroatoms. The molecule has 0 aliphatic carbocycles. The third-order valence-electron chi connectivity index (χ3n) is 4.59. The normalized spacial score (nSPS) is 14.2. The smallest absolute Gasteiger partial charge is 0.416 e. The summed E-state index contributed by atoms with van der Waals surface area (Å²) in [5.41, 5.74) is 1.99. The summed E-state index contributed by atoms with van der Waals surface area (Å²) in [4.78, 5) is 22.7. The number of hydrogen-bond acceptors (Lipinski definition) is 4. The summed E-state index contributed by atoms with van der Waals surface area (Å²) in [5, 5.41) is 0. The number of nitrogens with zero attached hydrogens (tertiary/aromatic N) is 3. The van der Waals surface area contributed by atoms with Crippen molar-refractivity contribution in [3.05, 3.63) is 77.7 Å². The van der Waals surface area contributed by atoms with Crippen LogP contribution in [-0.4, -0.2) is 27.4 Å². The SMILES string of the molecule is O=C1COc2ccc(-c3cccnc3)nc2CN1Cc1ccc(C(F)(F)F)cc1. The topological polar surface area (TPSA) is 55.3 Å². The van der Waals surface area contributed by atoms with Gasteiger partial charge in [-0.2, -0.15) is 13.2 Å². The number of aromatic nitrogens is 2. The molecule has 3 aromatic rings. The van der Waals surface area contributed by atoms with Crippen molar-refractivity contribution in [1.82, 2.24) is 14.9 Å². The Kier molecular flexibility index (Phi) is 4.92. The van der Waals surface area contributed by atoms with Crippen molar-refractivity contribution in [2.75, 3.05) is 6.61 Å². The molecule has 2 aromatic heterocycles. The van der Waals surface area contributed by atoms with E-state index in [1.165, 1.54) is 17.0 Å². The molecule has 0 saturated heterocycles. The van der Waals surface area contributed by atoms with Crippen LogP contribution in [0.15, 0.2) is 60.9 Å². The van der Waals surface area contributed by atoms with Gasteiger partial charge in [-0.25, -0.2) is 4.98 Å². The van der Waals surface area contributed by atoms with Crippen LogP contribution in [0.25, 0.3) is 11.3 Å². The van der Waals surface area contributed by atoms with Crippen LogP contribution < -0.4 is 4.74 Å². The van der Waals surface area contributed by atoms with E-state index in [-0.39, 0.29) is 25.6 Å². The number of fused-ring (bicyclic) bond motifs is 1. The molecule has 3 heterocycles. The zero-order chi connectivity index (χ0) is 20.4. The summed E-state index contributed by atoms with van der Waals surface area (Å²) in [7, 11) is 0. The molecule has 29 heavy (non-hydrogen) atoms. The molecule has 1 aromatic carbocycles. The van der Waals surface area contributed by atoms with Gasteiger partial charge in [0.25, 0.3) is 5.91 Å². The number of benzene rings is 1. The van der Waals surface area contributed by atoms with Gasteiger partial charge in [0.05, 0.1) is 17.8 Å². The molecule has 0 bridgehead atoms. The van der Waals surface area contributed by atoms with E-state index in [0.717, 1.165) is 17.7 Å². The zero-order valence-electron chi connectivity index (χ0n) is 15.2. The number of pyridine rings is 2. The fourth-order valence-corrected chi connectivity index (χ4v) is 3.07. The Hall–Kier alpha value is -3.42. The minimum absolute atomic E-state index is 0.151. The molecule has 1 aliphatic heterocycles. The van der Waals surface area contributed by atoms with E-state index in [0.29, 0.717) is 22.7 Å². The molecule has 0 atom stereocenters. The van der Waals surface area contributed by atoms with Crippen LogP contribution in [0.2, 0.25) is 0 Å². The molecule has 0 unspecified atom stereocenters. The van der Waals surface area contributed by atoms with Gasteiger partial charge in [-0.1, -0.05) is 12.1 Å². The molecule has 5 nitrogen and oxygen atoms in total. The van der Waals surface area contributed by atoms with Gasteiger partial charge in [0.1, 0.15) is 11.4 Å². The van der Waals surface area contributed by atoms with Crippen molar-refractivity contribution in [2.45, 2.75) is 19.3 Å². The van der Waals surface area contributed by atoms with Gasteiger partial charge >= 0.3 is 6.18 Å². The molecule has 1 amide bonds. The van der Waals surface area contributed by atoms with Crippen molar-refractivity contribution in [1.29, 1.82) is 0 Å². The first-order chi connectivity index (χ1) is 13.9. The van der Waals surface area contributed by atoms with Crippen molar-refractivity contribution in [3.8, 4) is 17.0 Å². The van der Waals surface area contributed by atoms with Gasteiger partial charge in [-0.05, 0) is 42.0 Å². The minimum atomic E-state index is -4.39. The van der Waals surface area contributed by atoms with E-state index in [1.807, 2.05) is 6.07 Å². The molecule has 4 rings (SSSR count). The lowest BCUT2D eigenvalue weighted by Gasteiger charge is -2.20. The van der Waals surface area contributed by atoms with Crippen LogP contribution in [0.3, 0.4) is 0 Å². The highest BCUT2D eigenvalue weighted by Gasteiger charge is 2.30. The summed E-state index contributed by atoms with van der Waals surface area (Å²) >= 11 is 0. The third-order valence-corrected chi connectivity index (χ3v) is 4.59. The molecule has 0 N–H and O–H groups in total. The number of ether oxygens (including phenoxy) is 1. The summed E-state index contributed by atoms with van der Waals surface area (Å²) in [6, 6.07) is 12.0. The van der Waals surface area contributed by atoms with Gasteiger partial charge < -0.3 is 9.64 Å².